The minimum absolute atomic E-state index is 0.0582. The second-order valence-electron chi connectivity index (χ2n) is 8.42. The second kappa shape index (κ2) is 10.8. The van der Waals surface area contributed by atoms with Gasteiger partial charge in [0, 0.05) is 26.4 Å². The predicted octanol–water partition coefficient (Wildman–Crippen LogP) is 2.35. The van der Waals surface area contributed by atoms with Gasteiger partial charge in [0.15, 0.2) is 0 Å². The molecule has 9 heteroatoms. The molecule has 0 saturated carbocycles. The van der Waals surface area contributed by atoms with E-state index in [-0.39, 0.29) is 31.3 Å². The zero-order valence-electron chi connectivity index (χ0n) is 19.4. The lowest BCUT2D eigenvalue weighted by atomic mass is 9.98. The van der Waals surface area contributed by atoms with Gasteiger partial charge in [0.1, 0.15) is 18.7 Å². The topological polar surface area (TPSA) is 125 Å². The Morgan fingerprint density at radius 1 is 0.971 bits per heavy atom. The summed E-state index contributed by atoms with van der Waals surface area (Å²) in [6.07, 6.45) is -1.31. The van der Waals surface area contributed by atoms with E-state index in [1.54, 1.807) is 14.1 Å². The normalized spacial score (nSPS) is 13.7. The van der Waals surface area contributed by atoms with E-state index < -0.39 is 30.1 Å². The van der Waals surface area contributed by atoms with Crippen LogP contribution in [0.1, 0.15) is 36.8 Å². The Morgan fingerprint density at radius 3 is 2.06 bits per heavy atom. The van der Waals surface area contributed by atoms with E-state index in [4.69, 9.17) is 9.84 Å². The van der Waals surface area contributed by atoms with Crippen LogP contribution in [0.25, 0.3) is 11.1 Å². The van der Waals surface area contributed by atoms with E-state index in [9.17, 15) is 19.2 Å². The van der Waals surface area contributed by atoms with E-state index in [0.29, 0.717) is 0 Å². The minimum atomic E-state index is -1.16. The SMILES string of the molecule is C[C@H](NC(=O)C(CCC(=O)O)NC(=O)OCC1c2ccccc2-c2ccccc21)C(=O)N(C)C. The summed E-state index contributed by atoms with van der Waals surface area (Å²) in [6.45, 7) is 1.57. The van der Waals surface area contributed by atoms with Gasteiger partial charge < -0.3 is 25.4 Å². The molecule has 0 aromatic heterocycles. The first-order valence-corrected chi connectivity index (χ1v) is 11.0. The summed E-state index contributed by atoms with van der Waals surface area (Å²) < 4.78 is 5.47. The Labute approximate surface area is 198 Å². The maximum atomic E-state index is 12.7. The van der Waals surface area contributed by atoms with Crippen LogP contribution in [-0.2, 0) is 19.1 Å². The van der Waals surface area contributed by atoms with Gasteiger partial charge in [-0.3, -0.25) is 14.4 Å². The number of carboxylic acids is 1. The molecule has 0 fully saturated rings. The average Bonchev–Trinajstić information content (AvgIpc) is 3.13. The number of nitrogens with zero attached hydrogens (tertiary/aromatic N) is 1. The van der Waals surface area contributed by atoms with Crippen molar-refractivity contribution in [1.29, 1.82) is 0 Å². The second-order valence-corrected chi connectivity index (χ2v) is 8.42. The molecule has 0 aliphatic heterocycles. The van der Waals surface area contributed by atoms with Crippen LogP contribution in [0.4, 0.5) is 4.79 Å². The lowest BCUT2D eigenvalue weighted by Crippen LogP contribution is -2.52. The third-order valence-electron chi connectivity index (χ3n) is 5.77. The first-order valence-electron chi connectivity index (χ1n) is 11.0. The van der Waals surface area contributed by atoms with Gasteiger partial charge >= 0.3 is 12.1 Å². The standard InChI is InChI=1S/C25H29N3O6/c1-15(24(32)28(2)3)26-23(31)21(12-13-22(29)30)27-25(33)34-14-20-18-10-6-4-8-16(18)17-9-5-7-11-19(17)20/h4-11,15,20-21H,12-14H2,1-3H3,(H,26,31)(H,27,33)(H,29,30)/t15-,21?/m0/s1. The van der Waals surface area contributed by atoms with Gasteiger partial charge in [0.25, 0.3) is 0 Å². The molecule has 34 heavy (non-hydrogen) atoms. The molecule has 2 aromatic rings. The number of carbonyl (C=O) groups excluding carboxylic acids is 3. The van der Waals surface area contributed by atoms with Crippen LogP contribution >= 0.6 is 0 Å². The summed E-state index contributed by atoms with van der Waals surface area (Å²) in [7, 11) is 3.11. The number of hydrogen-bond acceptors (Lipinski definition) is 5. The lowest BCUT2D eigenvalue weighted by Gasteiger charge is -2.22. The molecule has 9 nitrogen and oxygen atoms in total. The molecule has 1 aliphatic rings. The van der Waals surface area contributed by atoms with E-state index in [0.717, 1.165) is 22.3 Å². The molecule has 1 aliphatic carbocycles. The van der Waals surface area contributed by atoms with Gasteiger partial charge in [0.2, 0.25) is 11.8 Å². The van der Waals surface area contributed by atoms with Crippen LogP contribution in [0.3, 0.4) is 0 Å². The number of carbonyl (C=O) groups is 4. The Balaban J connectivity index is 1.66. The molecule has 3 N–H and O–H groups in total. The summed E-state index contributed by atoms with van der Waals surface area (Å²) in [4.78, 5) is 49.7. The zero-order chi connectivity index (χ0) is 24.8. The molecule has 0 saturated heterocycles. The molecule has 2 aromatic carbocycles. The quantitative estimate of drug-likeness (QED) is 0.520. The monoisotopic (exact) mass is 467 g/mol. The van der Waals surface area contributed by atoms with E-state index in [1.165, 1.54) is 11.8 Å². The first-order chi connectivity index (χ1) is 16.2. The number of carboxylic acid groups (broad SMARTS) is 1. The van der Waals surface area contributed by atoms with Gasteiger partial charge in [-0.2, -0.15) is 0 Å². The fourth-order valence-corrected chi connectivity index (χ4v) is 4.08. The van der Waals surface area contributed by atoms with E-state index in [1.807, 2.05) is 48.5 Å². The maximum Gasteiger partial charge on any atom is 0.407 e. The van der Waals surface area contributed by atoms with Crippen LogP contribution in [-0.4, -0.2) is 66.7 Å². The van der Waals surface area contributed by atoms with Crippen molar-refractivity contribution in [3.63, 3.8) is 0 Å². The Kier molecular flexibility index (Phi) is 7.88. The molecule has 0 heterocycles. The fraction of sp³-hybridized carbons (Fsp3) is 0.360. The predicted molar refractivity (Wildman–Crippen MR) is 125 cm³/mol. The largest absolute Gasteiger partial charge is 0.481 e. The third-order valence-corrected chi connectivity index (χ3v) is 5.77. The van der Waals surface area contributed by atoms with Crippen LogP contribution in [0.2, 0.25) is 0 Å². The Morgan fingerprint density at radius 2 is 1.53 bits per heavy atom. The fourth-order valence-electron chi connectivity index (χ4n) is 4.08. The lowest BCUT2D eigenvalue weighted by molar-refractivity contribution is -0.138. The van der Waals surface area contributed by atoms with Gasteiger partial charge in [-0.15, -0.1) is 0 Å². The summed E-state index contributed by atoms with van der Waals surface area (Å²) >= 11 is 0. The van der Waals surface area contributed by atoms with Gasteiger partial charge in [-0.25, -0.2) is 4.79 Å². The Bertz CT molecular complexity index is 1040. The average molecular weight is 468 g/mol. The highest BCUT2D eigenvalue weighted by atomic mass is 16.5. The number of amides is 3. The molecule has 1 unspecified atom stereocenters. The highest BCUT2D eigenvalue weighted by Gasteiger charge is 2.30. The molecule has 0 spiro atoms. The number of aliphatic carboxylic acids is 1. The molecule has 180 valence electrons. The van der Waals surface area contributed by atoms with Crippen molar-refractivity contribution in [2.45, 2.75) is 37.8 Å². The van der Waals surface area contributed by atoms with Gasteiger partial charge in [-0.05, 0) is 35.6 Å². The highest BCUT2D eigenvalue weighted by molar-refractivity contribution is 5.91. The molecule has 0 radical (unpaired) electrons. The summed E-state index contributed by atoms with van der Waals surface area (Å²) in [6, 6.07) is 13.8. The number of ether oxygens (including phenoxy) is 1. The smallest absolute Gasteiger partial charge is 0.407 e. The number of fused-ring (bicyclic) bond motifs is 3. The van der Waals surface area contributed by atoms with Crippen LogP contribution in [0, 0.1) is 0 Å². The summed E-state index contributed by atoms with van der Waals surface area (Å²) in [5.74, 6) is -2.24. The third kappa shape index (κ3) is 5.72. The van der Waals surface area contributed by atoms with Crippen molar-refractivity contribution in [3.8, 4) is 11.1 Å². The molecule has 0 bridgehead atoms. The maximum absolute atomic E-state index is 12.7. The molecular weight excluding hydrogens is 438 g/mol. The highest BCUT2D eigenvalue weighted by Crippen LogP contribution is 2.44. The number of likely N-dealkylation sites (N-methyl/N-ethyl adjacent to an activating group) is 1. The van der Waals surface area contributed by atoms with Crippen LogP contribution in [0.5, 0.6) is 0 Å². The molecule has 3 rings (SSSR count). The van der Waals surface area contributed by atoms with Crippen molar-refractivity contribution in [3.05, 3.63) is 59.7 Å². The number of benzene rings is 2. The van der Waals surface area contributed by atoms with Crippen LogP contribution < -0.4 is 10.6 Å². The van der Waals surface area contributed by atoms with Crippen LogP contribution in [0.15, 0.2) is 48.5 Å². The number of rotatable bonds is 9. The molecule has 3 amide bonds. The first kappa shape index (κ1) is 24.8. The van der Waals surface area contributed by atoms with Crippen molar-refractivity contribution in [2.75, 3.05) is 20.7 Å². The van der Waals surface area contributed by atoms with Gasteiger partial charge in [-0.1, -0.05) is 48.5 Å². The van der Waals surface area contributed by atoms with Crippen molar-refractivity contribution < 1.29 is 29.0 Å². The van der Waals surface area contributed by atoms with Crippen molar-refractivity contribution in [1.82, 2.24) is 15.5 Å². The zero-order valence-corrected chi connectivity index (χ0v) is 19.4. The number of nitrogens with one attached hydrogen (secondary N) is 2. The number of hydrogen-bond donors (Lipinski definition) is 3. The summed E-state index contributed by atoms with van der Waals surface area (Å²) in [5, 5.41) is 14.0. The number of alkyl carbamates (subject to hydrolysis) is 1. The summed E-state index contributed by atoms with van der Waals surface area (Å²) in [5.41, 5.74) is 4.27. The van der Waals surface area contributed by atoms with Crippen molar-refractivity contribution in [2.24, 2.45) is 0 Å². The van der Waals surface area contributed by atoms with Gasteiger partial charge in [0.05, 0.1) is 0 Å². The molecule has 2 atom stereocenters. The van der Waals surface area contributed by atoms with Crippen molar-refractivity contribution >= 4 is 23.9 Å². The molecular formula is C25H29N3O6. The minimum Gasteiger partial charge on any atom is -0.481 e. The van der Waals surface area contributed by atoms with E-state index >= 15 is 0 Å². The Hall–Kier alpha value is -3.88. The van der Waals surface area contributed by atoms with E-state index in [2.05, 4.69) is 10.6 Å².